The highest BCUT2D eigenvalue weighted by atomic mass is 16.1. The average molecular weight is 385 g/mol. The maximum Gasteiger partial charge on any atom is 0.277 e. The lowest BCUT2D eigenvalue weighted by atomic mass is 9.74. The number of hydrogen-bond donors (Lipinski definition) is 2. The van der Waals surface area contributed by atoms with Gasteiger partial charge in [-0.05, 0) is 37.0 Å². The fourth-order valence-electron chi connectivity index (χ4n) is 4.54. The highest BCUT2D eigenvalue weighted by Crippen LogP contribution is 2.44. The summed E-state index contributed by atoms with van der Waals surface area (Å²) in [5.74, 6) is 0.756. The van der Waals surface area contributed by atoms with Crippen LogP contribution < -0.4 is 10.9 Å². The number of carbonyl (C=O) groups is 1. The molecule has 5 rings (SSSR count). The summed E-state index contributed by atoms with van der Waals surface area (Å²) in [5, 5.41) is 6.62. The van der Waals surface area contributed by atoms with Crippen LogP contribution in [0.5, 0.6) is 0 Å². The number of nitrogens with one attached hydrogen (secondary N) is 2. The van der Waals surface area contributed by atoms with Gasteiger partial charge in [0, 0.05) is 23.6 Å². The number of ketones is 1. The number of Topliss-reactive ketones (excluding diaryl/α,β-unsaturated/α-hetero) is 1. The number of fused-ring (bicyclic) bond motifs is 1. The second-order valence-electron chi connectivity index (χ2n) is 8.17. The van der Waals surface area contributed by atoms with Crippen molar-refractivity contribution >= 4 is 11.6 Å². The Bertz CT molecular complexity index is 1180. The Balaban J connectivity index is 1.74. The molecular formula is C24H23N3O2. The highest BCUT2D eigenvalue weighted by molar-refractivity contribution is 6.01. The molecule has 2 N–H and O–H groups in total. The van der Waals surface area contributed by atoms with Crippen LogP contribution in [0.3, 0.4) is 0 Å². The molecule has 2 aliphatic rings. The Labute approximate surface area is 169 Å². The van der Waals surface area contributed by atoms with Gasteiger partial charge in [-0.1, -0.05) is 55.0 Å². The molecule has 5 nitrogen and oxygen atoms in total. The lowest BCUT2D eigenvalue weighted by molar-refractivity contribution is -0.117. The van der Waals surface area contributed by atoms with Crippen LogP contribution >= 0.6 is 0 Å². The first kappa shape index (κ1) is 17.7. The SMILES string of the molecule is Cc1ccc([C@H]2C3=C(C[C@@H](C)CC3=O)Nc3[nH]n(-c4ccccc4)c(=O)c32)cc1. The number of para-hydroxylation sites is 1. The van der Waals surface area contributed by atoms with Crippen LogP contribution in [0.15, 0.2) is 70.7 Å². The molecule has 2 atom stereocenters. The van der Waals surface area contributed by atoms with E-state index in [1.54, 1.807) is 4.68 Å². The summed E-state index contributed by atoms with van der Waals surface area (Å²) in [6.45, 7) is 4.13. The van der Waals surface area contributed by atoms with Crippen LogP contribution in [0.25, 0.3) is 5.69 Å². The van der Waals surface area contributed by atoms with E-state index in [0.717, 1.165) is 34.5 Å². The normalized spacial score (nSPS) is 20.8. The second kappa shape index (κ2) is 6.62. The zero-order valence-electron chi connectivity index (χ0n) is 16.5. The number of H-pyrrole nitrogens is 1. The molecule has 1 aliphatic heterocycles. The summed E-state index contributed by atoms with van der Waals surface area (Å²) >= 11 is 0. The van der Waals surface area contributed by atoms with E-state index < -0.39 is 0 Å². The number of rotatable bonds is 2. The van der Waals surface area contributed by atoms with Crippen molar-refractivity contribution < 1.29 is 4.79 Å². The van der Waals surface area contributed by atoms with E-state index in [1.807, 2.05) is 61.5 Å². The van der Waals surface area contributed by atoms with Crippen LogP contribution in [0.4, 0.5) is 5.82 Å². The van der Waals surface area contributed by atoms with Gasteiger partial charge in [0.1, 0.15) is 5.82 Å². The fourth-order valence-corrected chi connectivity index (χ4v) is 4.54. The molecule has 146 valence electrons. The van der Waals surface area contributed by atoms with Gasteiger partial charge in [-0.2, -0.15) is 0 Å². The molecule has 0 saturated carbocycles. The number of benzene rings is 2. The van der Waals surface area contributed by atoms with E-state index in [1.165, 1.54) is 0 Å². The molecule has 1 aromatic heterocycles. The molecule has 0 radical (unpaired) electrons. The van der Waals surface area contributed by atoms with Gasteiger partial charge < -0.3 is 5.32 Å². The molecule has 0 bridgehead atoms. The Morgan fingerprint density at radius 3 is 2.41 bits per heavy atom. The van der Waals surface area contributed by atoms with Gasteiger partial charge >= 0.3 is 0 Å². The summed E-state index contributed by atoms with van der Waals surface area (Å²) in [5.41, 5.74) is 5.07. The molecule has 0 unspecified atom stereocenters. The van der Waals surface area contributed by atoms with Crippen molar-refractivity contribution in [2.24, 2.45) is 5.92 Å². The van der Waals surface area contributed by atoms with E-state index in [0.29, 0.717) is 17.8 Å². The lowest BCUT2D eigenvalue weighted by Crippen LogP contribution is -2.31. The average Bonchev–Trinajstić information content (AvgIpc) is 3.04. The Kier molecular flexibility index (Phi) is 4.05. The number of aromatic amines is 1. The maximum absolute atomic E-state index is 13.5. The molecule has 3 aromatic rings. The smallest absolute Gasteiger partial charge is 0.277 e. The topological polar surface area (TPSA) is 66.9 Å². The highest BCUT2D eigenvalue weighted by Gasteiger charge is 2.40. The van der Waals surface area contributed by atoms with Crippen LogP contribution in [-0.4, -0.2) is 15.6 Å². The van der Waals surface area contributed by atoms with Crippen LogP contribution in [0.1, 0.15) is 42.4 Å². The van der Waals surface area contributed by atoms with Gasteiger partial charge in [0.25, 0.3) is 5.56 Å². The summed E-state index contributed by atoms with van der Waals surface area (Å²) in [4.78, 5) is 26.5. The molecule has 5 heteroatoms. The third-order valence-electron chi connectivity index (χ3n) is 5.92. The largest absolute Gasteiger partial charge is 0.343 e. The van der Waals surface area contributed by atoms with Crippen molar-refractivity contribution in [1.82, 2.24) is 9.78 Å². The van der Waals surface area contributed by atoms with Gasteiger partial charge in [0.05, 0.1) is 11.3 Å². The Morgan fingerprint density at radius 1 is 0.966 bits per heavy atom. The van der Waals surface area contributed by atoms with Gasteiger partial charge in [0.2, 0.25) is 0 Å². The summed E-state index contributed by atoms with van der Waals surface area (Å²) < 4.78 is 1.56. The first-order chi connectivity index (χ1) is 14.0. The van der Waals surface area contributed by atoms with E-state index in [2.05, 4.69) is 17.3 Å². The van der Waals surface area contributed by atoms with Crippen LogP contribution in [-0.2, 0) is 4.79 Å². The summed E-state index contributed by atoms with van der Waals surface area (Å²) in [6.07, 6.45) is 1.33. The van der Waals surface area contributed by atoms with Crippen LogP contribution in [0.2, 0.25) is 0 Å². The quantitative estimate of drug-likeness (QED) is 0.692. The number of carbonyl (C=O) groups excluding carboxylic acids is 1. The number of aromatic nitrogens is 2. The van der Waals surface area contributed by atoms with E-state index in [4.69, 9.17) is 0 Å². The lowest BCUT2D eigenvalue weighted by Gasteiger charge is -2.33. The number of hydrogen-bond acceptors (Lipinski definition) is 3. The van der Waals surface area contributed by atoms with Gasteiger partial charge in [-0.3, -0.25) is 14.7 Å². The number of anilines is 1. The molecular weight excluding hydrogens is 362 g/mol. The van der Waals surface area contributed by atoms with Gasteiger partial charge in [0.15, 0.2) is 5.78 Å². The third kappa shape index (κ3) is 2.85. The van der Waals surface area contributed by atoms with Crippen molar-refractivity contribution in [1.29, 1.82) is 0 Å². The molecule has 2 heterocycles. The van der Waals surface area contributed by atoms with Crippen molar-refractivity contribution in [3.05, 3.63) is 92.9 Å². The number of allylic oxidation sites excluding steroid dienone is 2. The number of aryl methyl sites for hydroxylation is 1. The first-order valence-electron chi connectivity index (χ1n) is 10.0. The zero-order chi connectivity index (χ0) is 20.1. The maximum atomic E-state index is 13.5. The minimum Gasteiger partial charge on any atom is -0.343 e. The molecule has 29 heavy (non-hydrogen) atoms. The molecule has 2 aromatic carbocycles. The summed E-state index contributed by atoms with van der Waals surface area (Å²) in [6, 6.07) is 17.7. The second-order valence-corrected chi connectivity index (χ2v) is 8.17. The zero-order valence-corrected chi connectivity index (χ0v) is 16.5. The van der Waals surface area contributed by atoms with Crippen molar-refractivity contribution in [3.8, 4) is 5.69 Å². The predicted octanol–water partition coefficient (Wildman–Crippen LogP) is 4.28. The Morgan fingerprint density at radius 2 is 1.69 bits per heavy atom. The third-order valence-corrected chi connectivity index (χ3v) is 5.92. The first-order valence-corrected chi connectivity index (χ1v) is 10.0. The molecule has 0 saturated heterocycles. The van der Waals surface area contributed by atoms with Crippen molar-refractivity contribution in [3.63, 3.8) is 0 Å². The molecule has 1 aliphatic carbocycles. The van der Waals surface area contributed by atoms with Gasteiger partial charge in [-0.25, -0.2) is 4.68 Å². The van der Waals surface area contributed by atoms with E-state index >= 15 is 0 Å². The van der Waals surface area contributed by atoms with E-state index in [9.17, 15) is 9.59 Å². The monoisotopic (exact) mass is 385 g/mol. The predicted molar refractivity (Wildman–Crippen MR) is 113 cm³/mol. The number of nitrogens with zero attached hydrogens (tertiary/aromatic N) is 1. The molecule has 0 amide bonds. The molecule has 0 spiro atoms. The van der Waals surface area contributed by atoms with Crippen molar-refractivity contribution in [2.45, 2.75) is 32.6 Å². The van der Waals surface area contributed by atoms with Gasteiger partial charge in [-0.15, -0.1) is 0 Å². The van der Waals surface area contributed by atoms with Crippen molar-refractivity contribution in [2.75, 3.05) is 5.32 Å². The van der Waals surface area contributed by atoms with Crippen LogP contribution in [0, 0.1) is 12.8 Å². The minimum atomic E-state index is -0.351. The molecule has 0 fully saturated rings. The Hall–Kier alpha value is -3.34. The summed E-state index contributed by atoms with van der Waals surface area (Å²) in [7, 11) is 0. The van der Waals surface area contributed by atoms with E-state index in [-0.39, 0.29) is 23.2 Å². The standard InChI is InChI=1S/C24H23N3O2/c1-14-8-10-16(11-9-14)20-21-18(12-15(2)13-19(21)28)25-23-22(20)24(29)27(26-23)17-6-4-3-5-7-17/h3-11,15,20,25-26H,12-13H2,1-2H3/t15-,20+/m1/s1. The fraction of sp³-hybridized carbons (Fsp3) is 0.250. The minimum absolute atomic E-state index is 0.123.